The van der Waals surface area contributed by atoms with E-state index in [4.69, 9.17) is 4.74 Å². The molecule has 1 aromatic carbocycles. The van der Waals surface area contributed by atoms with E-state index in [-0.39, 0.29) is 0 Å². The van der Waals surface area contributed by atoms with Crippen molar-refractivity contribution in [3.63, 3.8) is 0 Å². The normalized spacial score (nSPS) is 17.0. The van der Waals surface area contributed by atoms with E-state index in [9.17, 15) is 0 Å². The van der Waals surface area contributed by atoms with Crippen LogP contribution < -0.4 is 10.1 Å². The first-order valence-electron chi connectivity index (χ1n) is 8.42. The molecule has 118 valence electrons. The zero-order valence-corrected chi connectivity index (χ0v) is 13.6. The fraction of sp³-hybridized carbons (Fsp3) is 0.667. The lowest BCUT2D eigenvalue weighted by molar-refractivity contribution is 0.282. The van der Waals surface area contributed by atoms with Gasteiger partial charge in [0.1, 0.15) is 5.75 Å². The van der Waals surface area contributed by atoms with Gasteiger partial charge < -0.3 is 15.0 Å². The summed E-state index contributed by atoms with van der Waals surface area (Å²) in [4.78, 5) is 2.59. The monoisotopic (exact) mass is 290 g/mol. The van der Waals surface area contributed by atoms with Crippen molar-refractivity contribution in [3.05, 3.63) is 29.8 Å². The minimum atomic E-state index is 0.718. The lowest BCUT2D eigenvalue weighted by atomic mass is 10.1. The maximum absolute atomic E-state index is 5.60. The second kappa shape index (κ2) is 9.06. The van der Waals surface area contributed by atoms with Crippen molar-refractivity contribution in [2.75, 3.05) is 32.8 Å². The van der Waals surface area contributed by atoms with Crippen LogP contribution in [0.2, 0.25) is 0 Å². The average Bonchev–Trinajstić information content (AvgIpc) is 2.99. The molecule has 3 heteroatoms. The van der Waals surface area contributed by atoms with Gasteiger partial charge in [-0.25, -0.2) is 0 Å². The quantitative estimate of drug-likeness (QED) is 0.755. The van der Waals surface area contributed by atoms with Crippen molar-refractivity contribution in [2.45, 2.75) is 39.7 Å². The molecule has 1 heterocycles. The predicted octanol–water partition coefficient (Wildman–Crippen LogP) is 3.30. The van der Waals surface area contributed by atoms with Crippen LogP contribution in [0.25, 0.3) is 0 Å². The van der Waals surface area contributed by atoms with E-state index < -0.39 is 0 Å². The molecule has 1 aliphatic rings. The molecule has 1 N–H and O–H groups in total. The highest BCUT2D eigenvalue weighted by atomic mass is 16.5. The molecular weight excluding hydrogens is 260 g/mol. The molecule has 0 spiro atoms. The maximum atomic E-state index is 5.60. The third-order valence-electron chi connectivity index (χ3n) is 3.99. The van der Waals surface area contributed by atoms with E-state index >= 15 is 0 Å². The number of rotatable bonds is 9. The third kappa shape index (κ3) is 6.06. The molecular formula is C18H30N2O. The van der Waals surface area contributed by atoms with Gasteiger partial charge in [0, 0.05) is 13.1 Å². The Kier molecular flexibility index (Phi) is 7.04. The summed E-state index contributed by atoms with van der Waals surface area (Å²) < 4.78 is 5.60. The van der Waals surface area contributed by atoms with Crippen LogP contribution in [0.3, 0.4) is 0 Å². The Morgan fingerprint density at radius 1 is 1.19 bits per heavy atom. The zero-order chi connectivity index (χ0) is 14.9. The van der Waals surface area contributed by atoms with Gasteiger partial charge in [0.25, 0.3) is 0 Å². The van der Waals surface area contributed by atoms with Gasteiger partial charge in [-0.2, -0.15) is 0 Å². The second-order valence-electron chi connectivity index (χ2n) is 6.24. The molecule has 1 aliphatic heterocycles. The highest BCUT2D eigenvalue weighted by molar-refractivity contribution is 5.27. The molecule has 1 saturated heterocycles. The van der Waals surface area contributed by atoms with Crippen LogP contribution >= 0.6 is 0 Å². The summed E-state index contributed by atoms with van der Waals surface area (Å²) in [6, 6.07) is 8.45. The minimum Gasteiger partial charge on any atom is -0.494 e. The zero-order valence-electron chi connectivity index (χ0n) is 13.6. The Morgan fingerprint density at radius 2 is 1.90 bits per heavy atom. The highest BCUT2D eigenvalue weighted by Gasteiger charge is 2.14. The number of hydrogen-bond acceptors (Lipinski definition) is 3. The number of likely N-dealkylation sites (tertiary alicyclic amines) is 1. The minimum absolute atomic E-state index is 0.718. The van der Waals surface area contributed by atoms with E-state index in [1.165, 1.54) is 38.0 Å². The molecule has 0 amide bonds. The van der Waals surface area contributed by atoms with E-state index in [2.05, 4.69) is 48.3 Å². The Morgan fingerprint density at radius 3 is 2.57 bits per heavy atom. The van der Waals surface area contributed by atoms with E-state index in [1.807, 2.05) is 0 Å². The van der Waals surface area contributed by atoms with Crippen molar-refractivity contribution < 1.29 is 4.74 Å². The third-order valence-corrected chi connectivity index (χ3v) is 3.99. The second-order valence-corrected chi connectivity index (χ2v) is 6.24. The number of hydrogen-bond donors (Lipinski definition) is 1. The van der Waals surface area contributed by atoms with Gasteiger partial charge in [-0.15, -0.1) is 0 Å². The van der Waals surface area contributed by atoms with Crippen LogP contribution in [0.5, 0.6) is 5.75 Å². The standard InChI is InChI=1S/C18H30N2O/c1-3-12-21-18-8-6-17(7-9-18)14-19-13-16(2)15-20-10-4-5-11-20/h6-9,16,19H,3-5,10-15H2,1-2H3. The lowest BCUT2D eigenvalue weighted by Gasteiger charge is -2.20. The van der Waals surface area contributed by atoms with E-state index in [0.29, 0.717) is 0 Å². The van der Waals surface area contributed by atoms with E-state index in [0.717, 1.165) is 37.8 Å². The lowest BCUT2D eigenvalue weighted by Crippen LogP contribution is -2.31. The summed E-state index contributed by atoms with van der Waals surface area (Å²) in [5.74, 6) is 1.69. The first-order chi connectivity index (χ1) is 10.3. The van der Waals surface area contributed by atoms with Crippen LogP contribution in [0, 0.1) is 5.92 Å². The van der Waals surface area contributed by atoms with Crippen LogP contribution in [-0.2, 0) is 6.54 Å². The first kappa shape index (κ1) is 16.3. The SMILES string of the molecule is CCCOc1ccc(CNCC(C)CN2CCCC2)cc1. The van der Waals surface area contributed by atoms with Gasteiger partial charge in [0.2, 0.25) is 0 Å². The largest absolute Gasteiger partial charge is 0.494 e. The Hall–Kier alpha value is -1.06. The predicted molar refractivity (Wildman–Crippen MR) is 88.8 cm³/mol. The van der Waals surface area contributed by atoms with Gasteiger partial charge in [0.05, 0.1) is 6.61 Å². The van der Waals surface area contributed by atoms with Crippen molar-refractivity contribution >= 4 is 0 Å². The molecule has 3 nitrogen and oxygen atoms in total. The topological polar surface area (TPSA) is 24.5 Å². The molecule has 2 rings (SSSR count). The number of ether oxygens (including phenoxy) is 1. The average molecular weight is 290 g/mol. The summed E-state index contributed by atoms with van der Waals surface area (Å²) in [7, 11) is 0. The highest BCUT2D eigenvalue weighted by Crippen LogP contribution is 2.13. The van der Waals surface area contributed by atoms with Gasteiger partial charge >= 0.3 is 0 Å². The van der Waals surface area contributed by atoms with Crippen LogP contribution in [-0.4, -0.2) is 37.7 Å². The Balaban J connectivity index is 1.63. The van der Waals surface area contributed by atoms with Crippen LogP contribution in [0.15, 0.2) is 24.3 Å². The summed E-state index contributed by atoms with van der Waals surface area (Å²) in [6.45, 7) is 11.1. The molecule has 21 heavy (non-hydrogen) atoms. The summed E-state index contributed by atoms with van der Waals surface area (Å²) in [5.41, 5.74) is 1.33. The van der Waals surface area contributed by atoms with Gasteiger partial charge in [-0.1, -0.05) is 26.0 Å². The number of nitrogens with one attached hydrogen (secondary N) is 1. The molecule has 1 aromatic rings. The molecule has 1 fully saturated rings. The first-order valence-corrected chi connectivity index (χ1v) is 8.42. The van der Waals surface area contributed by atoms with Gasteiger partial charge in [0.15, 0.2) is 0 Å². The van der Waals surface area contributed by atoms with Gasteiger partial charge in [-0.05, 0) is 62.5 Å². The number of benzene rings is 1. The fourth-order valence-electron chi connectivity index (χ4n) is 2.86. The van der Waals surface area contributed by atoms with Crippen molar-refractivity contribution in [1.29, 1.82) is 0 Å². The number of nitrogens with zero attached hydrogens (tertiary/aromatic N) is 1. The summed E-state index contributed by atoms with van der Waals surface area (Å²) in [6.07, 6.45) is 3.82. The molecule has 0 radical (unpaired) electrons. The maximum Gasteiger partial charge on any atom is 0.119 e. The Labute approximate surface area is 129 Å². The van der Waals surface area contributed by atoms with Crippen LogP contribution in [0.1, 0.15) is 38.7 Å². The van der Waals surface area contributed by atoms with E-state index in [1.54, 1.807) is 0 Å². The molecule has 1 unspecified atom stereocenters. The van der Waals surface area contributed by atoms with Crippen LogP contribution in [0.4, 0.5) is 0 Å². The summed E-state index contributed by atoms with van der Waals surface area (Å²) in [5, 5.41) is 3.57. The van der Waals surface area contributed by atoms with Gasteiger partial charge in [-0.3, -0.25) is 0 Å². The molecule has 0 aliphatic carbocycles. The molecule has 1 atom stereocenters. The Bertz CT molecular complexity index is 385. The molecule has 0 bridgehead atoms. The molecule has 0 aromatic heterocycles. The molecule has 0 saturated carbocycles. The van der Waals surface area contributed by atoms with Crippen molar-refractivity contribution in [3.8, 4) is 5.75 Å². The fourth-order valence-corrected chi connectivity index (χ4v) is 2.86. The summed E-state index contributed by atoms with van der Waals surface area (Å²) >= 11 is 0. The van der Waals surface area contributed by atoms with Crippen molar-refractivity contribution in [1.82, 2.24) is 10.2 Å². The smallest absolute Gasteiger partial charge is 0.119 e. The van der Waals surface area contributed by atoms with Crippen molar-refractivity contribution in [2.24, 2.45) is 5.92 Å².